The molecule has 0 saturated heterocycles. The number of fused-ring (bicyclic) bond motifs is 1. The minimum Gasteiger partial charge on any atom is -0.480 e. The van der Waals surface area contributed by atoms with E-state index < -0.39 is 32.5 Å². The predicted octanol–water partition coefficient (Wildman–Crippen LogP) is 1.79. The largest absolute Gasteiger partial charge is 0.480 e. The Bertz CT molecular complexity index is 1010. The summed E-state index contributed by atoms with van der Waals surface area (Å²) in [5.41, 5.74) is 4.58. The van der Waals surface area contributed by atoms with Gasteiger partial charge in [-0.05, 0) is 42.0 Å². The smallest absolute Gasteiger partial charge is 0.325 e. The molecular formula is C17H14ClNO6S. The Morgan fingerprint density at radius 2 is 1.81 bits per heavy atom. The van der Waals surface area contributed by atoms with E-state index in [2.05, 4.69) is 0 Å². The number of carbonyl (C=O) groups is 1. The van der Waals surface area contributed by atoms with Gasteiger partial charge in [0.15, 0.2) is 21.3 Å². The van der Waals surface area contributed by atoms with E-state index >= 15 is 0 Å². The second-order valence-corrected chi connectivity index (χ2v) is 8.75. The Labute approximate surface area is 154 Å². The highest BCUT2D eigenvalue weighted by Gasteiger charge is 2.74. The molecule has 1 heterocycles. The topological polar surface area (TPSA) is 116 Å². The van der Waals surface area contributed by atoms with Crippen molar-refractivity contribution in [3.8, 4) is 11.5 Å². The zero-order chi connectivity index (χ0) is 18.7. The average molecular weight is 396 g/mol. The van der Waals surface area contributed by atoms with Gasteiger partial charge in [0.05, 0.1) is 4.90 Å². The first-order chi connectivity index (χ1) is 12.3. The standard InChI is InChI=1S/C17H14ClNO6S/c18-10-2-4-11(5-3-10)26(22,23)15-14(17(15,19)16(20)21)9-1-6-12-13(7-9)25-8-24-12/h1-7,14-15H,8,19H2,(H,20,21). The maximum atomic E-state index is 13.0. The quantitative estimate of drug-likeness (QED) is 0.810. The number of hydrogen-bond acceptors (Lipinski definition) is 6. The normalized spacial score (nSPS) is 26.5. The first kappa shape index (κ1) is 17.1. The molecule has 9 heteroatoms. The van der Waals surface area contributed by atoms with E-state index in [9.17, 15) is 18.3 Å². The number of carboxylic acid groups (broad SMARTS) is 1. The van der Waals surface area contributed by atoms with E-state index in [1.165, 1.54) is 24.3 Å². The molecular weight excluding hydrogens is 382 g/mol. The number of benzene rings is 2. The van der Waals surface area contributed by atoms with Crippen molar-refractivity contribution in [1.29, 1.82) is 0 Å². The van der Waals surface area contributed by atoms with Crippen molar-refractivity contribution in [2.24, 2.45) is 5.73 Å². The van der Waals surface area contributed by atoms with Crippen LogP contribution in [0.3, 0.4) is 0 Å². The van der Waals surface area contributed by atoms with Crippen molar-refractivity contribution in [3.05, 3.63) is 53.1 Å². The number of hydrogen-bond donors (Lipinski definition) is 2. The van der Waals surface area contributed by atoms with Crippen LogP contribution in [-0.2, 0) is 14.6 Å². The lowest BCUT2D eigenvalue weighted by Gasteiger charge is -2.07. The molecule has 0 amide bonds. The fourth-order valence-corrected chi connectivity index (χ4v) is 5.75. The van der Waals surface area contributed by atoms with Gasteiger partial charge in [-0.15, -0.1) is 0 Å². The predicted molar refractivity (Wildman–Crippen MR) is 92.3 cm³/mol. The number of carboxylic acids is 1. The molecule has 7 nitrogen and oxygen atoms in total. The van der Waals surface area contributed by atoms with Gasteiger partial charge in [0.2, 0.25) is 6.79 Å². The Balaban J connectivity index is 1.77. The van der Waals surface area contributed by atoms with Crippen LogP contribution in [0.1, 0.15) is 11.5 Å². The molecule has 3 N–H and O–H groups in total. The summed E-state index contributed by atoms with van der Waals surface area (Å²) in [6.07, 6.45) is 0. The fourth-order valence-electron chi connectivity index (χ4n) is 3.39. The van der Waals surface area contributed by atoms with E-state index in [0.29, 0.717) is 22.1 Å². The molecule has 2 aromatic carbocycles. The second-order valence-electron chi connectivity index (χ2n) is 6.25. The van der Waals surface area contributed by atoms with E-state index in [0.717, 1.165) is 0 Å². The zero-order valence-corrected chi connectivity index (χ0v) is 14.8. The summed E-state index contributed by atoms with van der Waals surface area (Å²) in [5.74, 6) is -1.33. The highest BCUT2D eigenvalue weighted by Crippen LogP contribution is 2.56. The molecule has 3 unspecified atom stereocenters. The lowest BCUT2D eigenvalue weighted by molar-refractivity contribution is -0.139. The molecule has 3 atom stereocenters. The third kappa shape index (κ3) is 2.37. The second kappa shape index (κ2) is 5.60. The SMILES string of the molecule is NC1(C(=O)O)C(c2ccc3c(c2)OCO3)C1S(=O)(=O)c1ccc(Cl)cc1. The van der Waals surface area contributed by atoms with Gasteiger partial charge in [-0.25, -0.2) is 8.42 Å². The molecule has 1 saturated carbocycles. The number of halogens is 1. The van der Waals surface area contributed by atoms with Crippen molar-refractivity contribution in [3.63, 3.8) is 0 Å². The molecule has 136 valence electrons. The van der Waals surface area contributed by atoms with Gasteiger partial charge in [-0.1, -0.05) is 17.7 Å². The molecule has 4 rings (SSSR count). The van der Waals surface area contributed by atoms with Crippen LogP contribution >= 0.6 is 11.6 Å². The Morgan fingerprint density at radius 1 is 1.15 bits per heavy atom. The molecule has 1 aliphatic heterocycles. The Kier molecular flexibility index (Phi) is 3.69. The summed E-state index contributed by atoms with van der Waals surface area (Å²) < 4.78 is 36.5. The van der Waals surface area contributed by atoms with Gasteiger partial charge in [0.1, 0.15) is 10.8 Å². The van der Waals surface area contributed by atoms with Gasteiger partial charge in [-0.3, -0.25) is 4.79 Å². The van der Waals surface area contributed by atoms with E-state index in [1.54, 1.807) is 18.2 Å². The summed E-state index contributed by atoms with van der Waals surface area (Å²) in [4.78, 5) is 11.8. The maximum Gasteiger partial charge on any atom is 0.325 e. The summed E-state index contributed by atoms with van der Waals surface area (Å²) in [7, 11) is -3.98. The third-order valence-electron chi connectivity index (χ3n) is 4.78. The number of nitrogens with two attached hydrogens (primary N) is 1. The molecule has 1 fully saturated rings. The van der Waals surface area contributed by atoms with Gasteiger partial charge in [0, 0.05) is 10.9 Å². The van der Waals surface area contributed by atoms with Crippen LogP contribution in [0.4, 0.5) is 0 Å². The van der Waals surface area contributed by atoms with Crippen molar-refractivity contribution in [2.75, 3.05) is 6.79 Å². The van der Waals surface area contributed by atoms with Crippen LogP contribution in [0.15, 0.2) is 47.4 Å². The van der Waals surface area contributed by atoms with Crippen molar-refractivity contribution in [2.45, 2.75) is 21.6 Å². The van der Waals surface area contributed by atoms with Crippen LogP contribution in [0.2, 0.25) is 5.02 Å². The van der Waals surface area contributed by atoms with Crippen LogP contribution in [0.5, 0.6) is 11.5 Å². The maximum absolute atomic E-state index is 13.0. The first-order valence-corrected chi connectivity index (χ1v) is 9.60. The molecule has 0 radical (unpaired) electrons. The molecule has 0 spiro atoms. The summed E-state index contributed by atoms with van der Waals surface area (Å²) in [5, 5.41) is 8.68. The Hall–Kier alpha value is -2.29. The molecule has 0 aromatic heterocycles. The van der Waals surface area contributed by atoms with E-state index in [-0.39, 0.29) is 11.7 Å². The van der Waals surface area contributed by atoms with Crippen molar-refractivity contribution in [1.82, 2.24) is 0 Å². The minimum atomic E-state index is -3.98. The molecule has 1 aliphatic carbocycles. The number of ether oxygens (including phenoxy) is 2. The summed E-state index contributed by atoms with van der Waals surface area (Å²) in [6.45, 7) is 0.0582. The van der Waals surface area contributed by atoms with Crippen molar-refractivity contribution < 1.29 is 27.8 Å². The molecule has 2 aliphatic rings. The Morgan fingerprint density at radius 3 is 2.46 bits per heavy atom. The van der Waals surface area contributed by atoms with Crippen molar-refractivity contribution >= 4 is 27.4 Å². The monoisotopic (exact) mass is 395 g/mol. The van der Waals surface area contributed by atoms with E-state index in [1.807, 2.05) is 0 Å². The highest BCUT2D eigenvalue weighted by atomic mass is 35.5. The van der Waals surface area contributed by atoms with Gasteiger partial charge in [0.25, 0.3) is 0 Å². The van der Waals surface area contributed by atoms with E-state index in [4.69, 9.17) is 26.8 Å². The number of aliphatic carboxylic acids is 1. The third-order valence-corrected chi connectivity index (χ3v) is 7.29. The fraction of sp³-hybridized carbons (Fsp3) is 0.235. The molecule has 26 heavy (non-hydrogen) atoms. The number of sulfone groups is 1. The molecule has 2 aromatic rings. The van der Waals surface area contributed by atoms with Crippen LogP contribution < -0.4 is 15.2 Å². The van der Waals surface area contributed by atoms with Gasteiger partial charge in [-0.2, -0.15) is 0 Å². The first-order valence-electron chi connectivity index (χ1n) is 7.67. The summed E-state index contributed by atoms with van der Waals surface area (Å²) in [6, 6.07) is 10.4. The lowest BCUT2D eigenvalue weighted by Crippen LogP contribution is -2.39. The summed E-state index contributed by atoms with van der Waals surface area (Å²) >= 11 is 5.80. The zero-order valence-electron chi connectivity index (χ0n) is 13.3. The van der Waals surface area contributed by atoms with Crippen LogP contribution in [-0.4, -0.2) is 37.1 Å². The van der Waals surface area contributed by atoms with Gasteiger partial charge < -0.3 is 20.3 Å². The average Bonchev–Trinajstić information content (AvgIpc) is 3.01. The van der Waals surface area contributed by atoms with Crippen LogP contribution in [0.25, 0.3) is 0 Å². The van der Waals surface area contributed by atoms with Gasteiger partial charge >= 0.3 is 5.97 Å². The number of rotatable bonds is 4. The highest BCUT2D eigenvalue weighted by molar-refractivity contribution is 7.92. The lowest BCUT2D eigenvalue weighted by atomic mass is 10.1. The molecule has 0 bridgehead atoms. The van der Waals surface area contributed by atoms with Crippen LogP contribution in [0, 0.1) is 0 Å². The minimum absolute atomic E-state index is 0.0220.